The molecule has 0 amide bonds. The monoisotopic (exact) mass is 530 g/mol. The third kappa shape index (κ3) is 7.18. The Balaban J connectivity index is 1.54. The Morgan fingerprint density at radius 2 is 0.892 bits per heavy atom. The zero-order valence-corrected chi connectivity index (χ0v) is 23.8. The molecule has 0 atom stereocenters. The summed E-state index contributed by atoms with van der Waals surface area (Å²) in [7, 11) is 0. The number of benzene rings is 4. The van der Waals surface area contributed by atoms with Crippen molar-refractivity contribution in [3.05, 3.63) is 128 Å². The highest BCUT2D eigenvalue weighted by Crippen LogP contribution is 2.32. The summed E-state index contributed by atoms with van der Waals surface area (Å²) in [6.45, 7) is 8.62. The molecular formula is C34H36Cl2O. The van der Waals surface area contributed by atoms with E-state index in [1.807, 2.05) is 0 Å². The molecule has 0 aromatic heterocycles. The van der Waals surface area contributed by atoms with Crippen LogP contribution in [0.15, 0.2) is 72.8 Å². The molecule has 3 heteroatoms. The number of ether oxygens (including phenoxy) is 1. The van der Waals surface area contributed by atoms with Crippen LogP contribution in [0.3, 0.4) is 0 Å². The average Bonchev–Trinajstić information content (AvgIpc) is 2.89. The van der Waals surface area contributed by atoms with Gasteiger partial charge in [-0.15, -0.1) is 23.2 Å². The fourth-order valence-corrected chi connectivity index (χ4v) is 5.24. The lowest BCUT2D eigenvalue weighted by atomic mass is 9.97. The molecule has 192 valence electrons. The highest BCUT2D eigenvalue weighted by Gasteiger charge is 2.12. The molecule has 0 saturated carbocycles. The molecule has 4 rings (SSSR count). The Hall–Kier alpha value is -2.74. The lowest BCUT2D eigenvalue weighted by Crippen LogP contribution is -2.01. The molecular weight excluding hydrogens is 495 g/mol. The first-order chi connectivity index (χ1) is 17.9. The van der Waals surface area contributed by atoms with E-state index >= 15 is 0 Å². The third-order valence-electron chi connectivity index (χ3n) is 7.10. The molecule has 1 nitrogen and oxygen atoms in total. The zero-order chi connectivity index (χ0) is 26.4. The molecule has 0 N–H and O–H groups in total. The van der Waals surface area contributed by atoms with Crippen molar-refractivity contribution in [3.63, 3.8) is 0 Å². The average molecular weight is 532 g/mol. The van der Waals surface area contributed by atoms with Crippen LogP contribution in [0.5, 0.6) is 11.5 Å². The molecule has 4 aromatic carbocycles. The van der Waals surface area contributed by atoms with Crippen LogP contribution < -0.4 is 4.74 Å². The van der Waals surface area contributed by atoms with Crippen LogP contribution >= 0.6 is 23.2 Å². The van der Waals surface area contributed by atoms with Gasteiger partial charge in [-0.05, 0) is 110 Å². The SMILES string of the molecule is Cc1ccc(Oc2ccc(C)cc2CCc2ccc(CCl)cc2C)c(CCc2ccc(CCl)cc2C)c1. The Morgan fingerprint density at radius 3 is 1.27 bits per heavy atom. The topological polar surface area (TPSA) is 9.23 Å². The molecule has 0 bridgehead atoms. The molecule has 0 saturated heterocycles. The fraction of sp³-hybridized carbons (Fsp3) is 0.294. The first-order valence-electron chi connectivity index (χ1n) is 13.0. The van der Waals surface area contributed by atoms with E-state index < -0.39 is 0 Å². The smallest absolute Gasteiger partial charge is 0.130 e. The van der Waals surface area contributed by atoms with Crippen molar-refractivity contribution in [1.29, 1.82) is 0 Å². The maximum atomic E-state index is 6.63. The minimum atomic E-state index is 0.550. The van der Waals surface area contributed by atoms with E-state index in [4.69, 9.17) is 27.9 Å². The van der Waals surface area contributed by atoms with Gasteiger partial charge in [0.2, 0.25) is 0 Å². The van der Waals surface area contributed by atoms with Crippen molar-refractivity contribution in [1.82, 2.24) is 0 Å². The Kier molecular flexibility index (Phi) is 9.35. The quantitative estimate of drug-likeness (QED) is 0.185. The summed E-state index contributed by atoms with van der Waals surface area (Å²) in [6, 6.07) is 26.1. The maximum absolute atomic E-state index is 6.63. The number of hydrogen-bond acceptors (Lipinski definition) is 1. The Morgan fingerprint density at radius 1 is 0.486 bits per heavy atom. The molecule has 0 fully saturated rings. The van der Waals surface area contributed by atoms with Crippen LogP contribution in [-0.4, -0.2) is 0 Å². The van der Waals surface area contributed by atoms with Crippen LogP contribution in [0.25, 0.3) is 0 Å². The molecule has 0 aliphatic carbocycles. The number of halogens is 2. The summed E-state index contributed by atoms with van der Waals surface area (Å²) >= 11 is 12.0. The van der Waals surface area contributed by atoms with Crippen molar-refractivity contribution in [2.45, 2.75) is 65.1 Å². The predicted molar refractivity (Wildman–Crippen MR) is 159 cm³/mol. The first-order valence-corrected chi connectivity index (χ1v) is 14.1. The van der Waals surface area contributed by atoms with Crippen LogP contribution in [0.4, 0.5) is 0 Å². The second-order valence-corrected chi connectivity index (χ2v) is 10.6. The molecule has 0 aliphatic rings. The van der Waals surface area contributed by atoms with E-state index in [1.165, 1.54) is 55.6 Å². The molecule has 0 unspecified atom stereocenters. The fourth-order valence-electron chi connectivity index (χ4n) is 4.91. The second-order valence-electron chi connectivity index (χ2n) is 10.1. The highest BCUT2D eigenvalue weighted by atomic mass is 35.5. The lowest BCUT2D eigenvalue weighted by molar-refractivity contribution is 0.469. The third-order valence-corrected chi connectivity index (χ3v) is 7.72. The van der Waals surface area contributed by atoms with Crippen molar-refractivity contribution >= 4 is 23.2 Å². The van der Waals surface area contributed by atoms with Crippen molar-refractivity contribution in [2.75, 3.05) is 0 Å². The van der Waals surface area contributed by atoms with Crippen molar-refractivity contribution in [2.24, 2.45) is 0 Å². The van der Waals surface area contributed by atoms with Gasteiger partial charge in [-0.3, -0.25) is 0 Å². The van der Waals surface area contributed by atoms with Gasteiger partial charge in [0.05, 0.1) is 0 Å². The van der Waals surface area contributed by atoms with Gasteiger partial charge in [0.1, 0.15) is 11.5 Å². The van der Waals surface area contributed by atoms with E-state index in [-0.39, 0.29) is 0 Å². The molecule has 0 spiro atoms. The van der Waals surface area contributed by atoms with Gasteiger partial charge in [0.15, 0.2) is 0 Å². The van der Waals surface area contributed by atoms with Gasteiger partial charge in [-0.25, -0.2) is 0 Å². The normalized spacial score (nSPS) is 11.1. The largest absolute Gasteiger partial charge is 0.457 e. The van der Waals surface area contributed by atoms with Gasteiger partial charge in [0.25, 0.3) is 0 Å². The summed E-state index contributed by atoms with van der Waals surface area (Å²) < 4.78 is 6.63. The van der Waals surface area contributed by atoms with Crippen LogP contribution in [-0.2, 0) is 37.4 Å². The molecule has 0 aliphatic heterocycles. The minimum Gasteiger partial charge on any atom is -0.457 e. The Labute approximate surface area is 232 Å². The molecule has 37 heavy (non-hydrogen) atoms. The van der Waals surface area contributed by atoms with E-state index in [0.29, 0.717) is 11.8 Å². The van der Waals surface area contributed by atoms with Gasteiger partial charge < -0.3 is 4.74 Å². The maximum Gasteiger partial charge on any atom is 0.130 e. The zero-order valence-electron chi connectivity index (χ0n) is 22.3. The number of alkyl halides is 2. The Bertz CT molecular complexity index is 1270. The predicted octanol–water partition coefficient (Wildman–Crippen LogP) is 9.76. The summed E-state index contributed by atoms with van der Waals surface area (Å²) in [6.07, 6.45) is 3.77. The van der Waals surface area contributed by atoms with E-state index in [2.05, 4.69) is 100 Å². The lowest BCUT2D eigenvalue weighted by Gasteiger charge is -2.17. The highest BCUT2D eigenvalue weighted by molar-refractivity contribution is 6.17. The van der Waals surface area contributed by atoms with Crippen LogP contribution in [0.1, 0.15) is 55.6 Å². The first kappa shape index (κ1) is 27.3. The molecule has 0 heterocycles. The van der Waals surface area contributed by atoms with Crippen molar-refractivity contribution < 1.29 is 4.74 Å². The number of aryl methyl sites for hydroxylation is 8. The van der Waals surface area contributed by atoms with Crippen LogP contribution in [0, 0.1) is 27.7 Å². The second kappa shape index (κ2) is 12.7. The van der Waals surface area contributed by atoms with Gasteiger partial charge in [-0.2, -0.15) is 0 Å². The number of rotatable bonds is 10. The summed E-state index contributed by atoms with van der Waals surface area (Å²) in [4.78, 5) is 0. The summed E-state index contributed by atoms with van der Waals surface area (Å²) in [5, 5.41) is 0. The van der Waals surface area contributed by atoms with Crippen LogP contribution in [0.2, 0.25) is 0 Å². The molecule has 4 aromatic rings. The summed E-state index contributed by atoms with van der Waals surface area (Å²) in [5.74, 6) is 2.98. The minimum absolute atomic E-state index is 0.550. The molecule has 0 radical (unpaired) electrons. The van der Waals surface area contributed by atoms with Gasteiger partial charge in [0, 0.05) is 11.8 Å². The van der Waals surface area contributed by atoms with Gasteiger partial charge in [-0.1, -0.05) is 71.8 Å². The summed E-state index contributed by atoms with van der Waals surface area (Å²) in [5.41, 5.74) is 12.6. The van der Waals surface area contributed by atoms with Gasteiger partial charge >= 0.3 is 0 Å². The van der Waals surface area contributed by atoms with Crippen molar-refractivity contribution in [3.8, 4) is 11.5 Å². The standard InChI is InChI=1S/C34H36Cl2O/c1-23-5-15-33(31(17-23)13-11-29-9-7-27(21-35)19-25(29)3)37-34-16-6-24(2)18-32(34)14-12-30-10-8-28(22-36)20-26(30)4/h5-10,15-20H,11-14,21-22H2,1-4H3. The number of hydrogen-bond donors (Lipinski definition) is 0. The van der Waals surface area contributed by atoms with E-state index in [9.17, 15) is 0 Å². The van der Waals surface area contributed by atoms with E-state index in [0.717, 1.165) is 37.2 Å². The van der Waals surface area contributed by atoms with E-state index in [1.54, 1.807) is 0 Å².